The number of sulfonamides is 1. The highest BCUT2D eigenvalue weighted by Gasteiger charge is 2.18. The largest absolute Gasteiger partial charge is 0.275 e. The zero-order valence-electron chi connectivity index (χ0n) is 13.7. The summed E-state index contributed by atoms with van der Waals surface area (Å²) in [5, 5.41) is 4.20. The second kappa shape index (κ2) is 5.85. The van der Waals surface area contributed by atoms with E-state index in [-0.39, 0.29) is 16.9 Å². The molecule has 1 aromatic carbocycles. The number of nitrogens with one attached hydrogen (secondary N) is 1. The second-order valence-corrected chi connectivity index (χ2v) is 8.28. The minimum Gasteiger partial charge on any atom is -0.275 e. The number of aromatic nitrogens is 2. The maximum atomic E-state index is 12.3. The Balaban J connectivity index is 2.15. The third kappa shape index (κ3) is 3.75. The molecule has 0 saturated heterocycles. The third-order valence-electron chi connectivity index (χ3n) is 3.60. The summed E-state index contributed by atoms with van der Waals surface area (Å²) in [4.78, 5) is 0.280. The van der Waals surface area contributed by atoms with Crippen molar-refractivity contribution in [3.8, 4) is 0 Å². The van der Waals surface area contributed by atoms with Gasteiger partial charge in [-0.25, -0.2) is 13.1 Å². The van der Waals surface area contributed by atoms with Gasteiger partial charge in [0, 0.05) is 25.4 Å². The standard InChI is InChI=1S/C16H23N3O2S/c1-12-13(11-19(5)18-12)10-17-22(20,21)15-8-6-14(7-9-15)16(2,3)4/h6-9,11,17H,10H2,1-5H3. The molecule has 0 amide bonds. The topological polar surface area (TPSA) is 64.0 Å². The summed E-state index contributed by atoms with van der Waals surface area (Å²) in [5.74, 6) is 0. The van der Waals surface area contributed by atoms with E-state index in [0.717, 1.165) is 16.8 Å². The van der Waals surface area contributed by atoms with Crippen molar-refractivity contribution in [3.05, 3.63) is 47.3 Å². The molecule has 5 nitrogen and oxygen atoms in total. The van der Waals surface area contributed by atoms with Crippen molar-refractivity contribution in [2.24, 2.45) is 7.05 Å². The van der Waals surface area contributed by atoms with Crippen molar-refractivity contribution < 1.29 is 8.42 Å². The highest BCUT2D eigenvalue weighted by atomic mass is 32.2. The lowest BCUT2D eigenvalue weighted by Gasteiger charge is -2.19. The van der Waals surface area contributed by atoms with Gasteiger partial charge in [0.1, 0.15) is 0 Å². The van der Waals surface area contributed by atoms with Gasteiger partial charge in [0.25, 0.3) is 0 Å². The number of aryl methyl sites for hydroxylation is 2. The van der Waals surface area contributed by atoms with Crippen LogP contribution in [0.3, 0.4) is 0 Å². The lowest BCUT2D eigenvalue weighted by atomic mass is 9.87. The highest BCUT2D eigenvalue weighted by molar-refractivity contribution is 7.89. The van der Waals surface area contributed by atoms with E-state index < -0.39 is 10.0 Å². The first-order valence-corrected chi connectivity index (χ1v) is 8.67. The zero-order chi connectivity index (χ0) is 16.5. The molecule has 0 aliphatic heterocycles. The number of hydrogen-bond acceptors (Lipinski definition) is 3. The number of benzene rings is 1. The number of rotatable bonds is 4. The normalized spacial score (nSPS) is 12.6. The molecule has 120 valence electrons. The molecule has 0 aliphatic carbocycles. The molecule has 0 atom stereocenters. The van der Waals surface area contributed by atoms with E-state index in [1.54, 1.807) is 16.8 Å². The Bertz CT molecular complexity index is 754. The predicted octanol–water partition coefficient (Wildman–Crippen LogP) is 2.50. The molecule has 0 aliphatic rings. The molecule has 1 N–H and O–H groups in total. The first-order valence-electron chi connectivity index (χ1n) is 7.19. The van der Waals surface area contributed by atoms with E-state index in [0.29, 0.717) is 0 Å². The molecule has 1 aromatic heterocycles. The summed E-state index contributed by atoms with van der Waals surface area (Å²) in [6, 6.07) is 7.03. The number of hydrogen-bond donors (Lipinski definition) is 1. The fourth-order valence-corrected chi connectivity index (χ4v) is 3.22. The Hall–Kier alpha value is -1.66. The van der Waals surface area contributed by atoms with Crippen molar-refractivity contribution in [3.63, 3.8) is 0 Å². The summed E-state index contributed by atoms with van der Waals surface area (Å²) in [5.41, 5.74) is 2.81. The lowest BCUT2D eigenvalue weighted by Crippen LogP contribution is -2.23. The van der Waals surface area contributed by atoms with Crippen LogP contribution in [0.5, 0.6) is 0 Å². The lowest BCUT2D eigenvalue weighted by molar-refractivity contribution is 0.578. The molecule has 0 spiro atoms. The van der Waals surface area contributed by atoms with Crippen LogP contribution < -0.4 is 4.72 Å². The summed E-state index contributed by atoms with van der Waals surface area (Å²) in [7, 11) is -1.70. The summed E-state index contributed by atoms with van der Waals surface area (Å²) < 4.78 is 29.0. The maximum Gasteiger partial charge on any atom is 0.240 e. The molecule has 2 aromatic rings. The first kappa shape index (κ1) is 16.7. The molecule has 0 unspecified atom stereocenters. The summed E-state index contributed by atoms with van der Waals surface area (Å²) in [6.07, 6.45) is 1.82. The Morgan fingerprint density at radius 3 is 2.23 bits per heavy atom. The van der Waals surface area contributed by atoms with E-state index in [1.165, 1.54) is 0 Å². The quantitative estimate of drug-likeness (QED) is 0.941. The molecule has 6 heteroatoms. The van der Waals surface area contributed by atoms with Crippen LogP contribution in [-0.4, -0.2) is 18.2 Å². The van der Waals surface area contributed by atoms with Gasteiger partial charge < -0.3 is 0 Å². The van der Waals surface area contributed by atoms with Gasteiger partial charge in [0.05, 0.1) is 10.6 Å². The Morgan fingerprint density at radius 2 is 1.77 bits per heavy atom. The minimum absolute atomic E-state index is 0.00252. The highest BCUT2D eigenvalue weighted by Crippen LogP contribution is 2.23. The van der Waals surface area contributed by atoms with Crippen LogP contribution in [0.25, 0.3) is 0 Å². The molecule has 0 saturated carbocycles. The fourth-order valence-electron chi connectivity index (χ4n) is 2.21. The van der Waals surface area contributed by atoms with E-state index in [9.17, 15) is 8.42 Å². The van der Waals surface area contributed by atoms with Crippen molar-refractivity contribution >= 4 is 10.0 Å². The SMILES string of the molecule is Cc1nn(C)cc1CNS(=O)(=O)c1ccc(C(C)(C)C)cc1. The molecule has 22 heavy (non-hydrogen) atoms. The first-order chi connectivity index (χ1) is 10.1. The third-order valence-corrected chi connectivity index (χ3v) is 5.02. The van der Waals surface area contributed by atoms with Gasteiger partial charge in [-0.3, -0.25) is 4.68 Å². The van der Waals surface area contributed by atoms with Gasteiger partial charge in [-0.2, -0.15) is 5.10 Å². The monoisotopic (exact) mass is 321 g/mol. The smallest absolute Gasteiger partial charge is 0.240 e. The number of nitrogens with zero attached hydrogens (tertiary/aromatic N) is 2. The van der Waals surface area contributed by atoms with Crippen LogP contribution >= 0.6 is 0 Å². The van der Waals surface area contributed by atoms with Crippen molar-refractivity contribution in [1.29, 1.82) is 0 Å². The van der Waals surface area contributed by atoms with Gasteiger partial charge in [0.2, 0.25) is 10.0 Å². The Kier molecular flexibility index (Phi) is 4.44. The predicted molar refractivity (Wildman–Crippen MR) is 87.1 cm³/mol. The minimum atomic E-state index is -3.52. The van der Waals surface area contributed by atoms with Gasteiger partial charge in [-0.05, 0) is 30.0 Å². The zero-order valence-corrected chi connectivity index (χ0v) is 14.5. The maximum absolute atomic E-state index is 12.3. The molecular formula is C16H23N3O2S. The molecule has 0 radical (unpaired) electrons. The molecule has 2 rings (SSSR count). The molecular weight excluding hydrogens is 298 g/mol. The van der Waals surface area contributed by atoms with Gasteiger partial charge in [0.15, 0.2) is 0 Å². The van der Waals surface area contributed by atoms with Gasteiger partial charge in [-0.1, -0.05) is 32.9 Å². The summed E-state index contributed by atoms with van der Waals surface area (Å²) in [6.45, 7) is 8.39. The average Bonchev–Trinajstić information content (AvgIpc) is 2.74. The van der Waals surface area contributed by atoms with E-state index >= 15 is 0 Å². The molecule has 1 heterocycles. The average molecular weight is 321 g/mol. The van der Waals surface area contributed by atoms with Crippen LogP contribution in [0.1, 0.15) is 37.6 Å². The van der Waals surface area contributed by atoms with Crippen LogP contribution in [0, 0.1) is 6.92 Å². The Labute approximate surface area is 132 Å². The van der Waals surface area contributed by atoms with E-state index in [1.807, 2.05) is 32.3 Å². The van der Waals surface area contributed by atoms with Crippen LogP contribution in [0.2, 0.25) is 0 Å². The van der Waals surface area contributed by atoms with E-state index in [2.05, 4.69) is 30.6 Å². The molecule has 0 bridgehead atoms. The summed E-state index contributed by atoms with van der Waals surface area (Å²) >= 11 is 0. The van der Waals surface area contributed by atoms with Crippen molar-refractivity contribution in [2.45, 2.75) is 44.6 Å². The van der Waals surface area contributed by atoms with Crippen LogP contribution in [0.4, 0.5) is 0 Å². The Morgan fingerprint density at radius 1 is 1.18 bits per heavy atom. The van der Waals surface area contributed by atoms with Crippen molar-refractivity contribution in [1.82, 2.24) is 14.5 Å². The van der Waals surface area contributed by atoms with Gasteiger partial charge >= 0.3 is 0 Å². The van der Waals surface area contributed by atoms with Gasteiger partial charge in [-0.15, -0.1) is 0 Å². The fraction of sp³-hybridized carbons (Fsp3) is 0.438. The van der Waals surface area contributed by atoms with Crippen molar-refractivity contribution in [2.75, 3.05) is 0 Å². The second-order valence-electron chi connectivity index (χ2n) is 6.51. The van der Waals surface area contributed by atoms with E-state index in [4.69, 9.17) is 0 Å². The van der Waals surface area contributed by atoms with Crippen LogP contribution in [-0.2, 0) is 29.0 Å². The van der Waals surface area contributed by atoms with Crippen LogP contribution in [0.15, 0.2) is 35.4 Å². The molecule has 0 fully saturated rings.